The number of benzene rings is 2. The fourth-order valence-electron chi connectivity index (χ4n) is 3.58. The number of aromatic nitrogens is 1. The number of aliphatic hydroxyl groups is 1. The average Bonchev–Trinajstić information content (AvgIpc) is 3.24. The number of para-hydroxylation sites is 1. The van der Waals surface area contributed by atoms with E-state index in [0.717, 1.165) is 52.7 Å². The van der Waals surface area contributed by atoms with Gasteiger partial charge in [-0.1, -0.05) is 48.5 Å². The molecular weight excluding hydrogens is 350 g/mol. The number of aliphatic hydroxyl groups excluding tert-OH is 1. The SMILES string of the molecule is O=C1NN=C(Cc2ccccc2)C1=Cc1c(CCCCO)[nH]c2ccccc12. The number of aryl methyl sites for hydroxylation is 1. The van der Waals surface area contributed by atoms with Gasteiger partial charge in [0.1, 0.15) is 0 Å². The largest absolute Gasteiger partial charge is 0.396 e. The lowest BCUT2D eigenvalue weighted by atomic mass is 9.98. The maximum Gasteiger partial charge on any atom is 0.273 e. The molecule has 0 saturated heterocycles. The molecular formula is C23H23N3O2. The summed E-state index contributed by atoms with van der Waals surface area (Å²) >= 11 is 0. The zero-order valence-corrected chi connectivity index (χ0v) is 15.6. The molecule has 0 radical (unpaired) electrons. The van der Waals surface area contributed by atoms with Crippen molar-refractivity contribution in [1.29, 1.82) is 0 Å². The monoisotopic (exact) mass is 373 g/mol. The number of hydrazone groups is 1. The van der Waals surface area contributed by atoms with Crippen molar-refractivity contribution in [3.8, 4) is 0 Å². The molecule has 2 heterocycles. The second-order valence-corrected chi connectivity index (χ2v) is 6.96. The summed E-state index contributed by atoms with van der Waals surface area (Å²) in [6, 6.07) is 18.1. The van der Waals surface area contributed by atoms with E-state index < -0.39 is 0 Å². The summed E-state index contributed by atoms with van der Waals surface area (Å²) in [5.74, 6) is -0.169. The number of nitrogens with zero attached hydrogens (tertiary/aromatic N) is 1. The molecule has 4 rings (SSSR count). The fourth-order valence-corrected chi connectivity index (χ4v) is 3.58. The number of hydrogen-bond acceptors (Lipinski definition) is 3. The number of unbranched alkanes of at least 4 members (excludes halogenated alkanes) is 1. The number of carbonyl (C=O) groups is 1. The van der Waals surface area contributed by atoms with Crippen LogP contribution in [0.25, 0.3) is 17.0 Å². The first-order valence-corrected chi connectivity index (χ1v) is 9.59. The molecule has 3 N–H and O–H groups in total. The quantitative estimate of drug-likeness (QED) is 0.437. The summed E-state index contributed by atoms with van der Waals surface area (Å²) in [6.07, 6.45) is 5.02. The number of aromatic amines is 1. The number of amides is 1. The fraction of sp³-hybridized carbons (Fsp3) is 0.217. The Bertz CT molecular complexity index is 1050. The van der Waals surface area contributed by atoms with E-state index in [1.165, 1.54) is 0 Å². The van der Waals surface area contributed by atoms with Crippen molar-refractivity contribution in [2.75, 3.05) is 6.61 Å². The second kappa shape index (κ2) is 8.23. The number of fused-ring (bicyclic) bond motifs is 1. The zero-order chi connectivity index (χ0) is 19.3. The van der Waals surface area contributed by atoms with Gasteiger partial charge < -0.3 is 10.1 Å². The average molecular weight is 373 g/mol. The molecule has 2 aromatic carbocycles. The van der Waals surface area contributed by atoms with Crippen LogP contribution >= 0.6 is 0 Å². The van der Waals surface area contributed by atoms with Crippen molar-refractivity contribution in [2.24, 2.45) is 5.10 Å². The highest BCUT2D eigenvalue weighted by Crippen LogP contribution is 2.27. The normalized spacial score (nSPS) is 15.2. The highest BCUT2D eigenvalue weighted by Gasteiger charge is 2.24. The third-order valence-electron chi connectivity index (χ3n) is 5.01. The Morgan fingerprint density at radius 1 is 1.00 bits per heavy atom. The molecule has 1 aromatic heterocycles. The van der Waals surface area contributed by atoms with Crippen LogP contribution in [-0.4, -0.2) is 28.3 Å². The standard InChI is InChI=1S/C23H23N3O2/c27-13-7-6-12-21-18(17-10-4-5-11-20(17)24-21)15-19-22(25-26-23(19)28)14-16-8-2-1-3-9-16/h1-5,8-11,15,24,27H,6-7,12-14H2,(H,26,28). The molecule has 0 atom stereocenters. The van der Waals surface area contributed by atoms with Crippen LogP contribution in [0.1, 0.15) is 29.7 Å². The van der Waals surface area contributed by atoms with E-state index in [2.05, 4.69) is 21.6 Å². The molecule has 0 aliphatic carbocycles. The van der Waals surface area contributed by atoms with Crippen molar-refractivity contribution in [2.45, 2.75) is 25.7 Å². The van der Waals surface area contributed by atoms with Gasteiger partial charge in [0.2, 0.25) is 0 Å². The minimum absolute atomic E-state index is 0.169. The van der Waals surface area contributed by atoms with E-state index in [9.17, 15) is 4.79 Å². The van der Waals surface area contributed by atoms with E-state index in [4.69, 9.17) is 5.11 Å². The summed E-state index contributed by atoms with van der Waals surface area (Å²) in [6.45, 7) is 0.187. The maximum atomic E-state index is 12.5. The van der Waals surface area contributed by atoms with Gasteiger partial charge in [0.25, 0.3) is 5.91 Å². The van der Waals surface area contributed by atoms with Gasteiger partial charge in [-0.2, -0.15) is 5.10 Å². The molecule has 1 aliphatic heterocycles. The predicted molar refractivity (Wildman–Crippen MR) is 112 cm³/mol. The van der Waals surface area contributed by atoms with Crippen molar-refractivity contribution < 1.29 is 9.90 Å². The lowest BCUT2D eigenvalue weighted by Gasteiger charge is -2.04. The Balaban J connectivity index is 1.71. The Morgan fingerprint density at radius 3 is 2.61 bits per heavy atom. The predicted octanol–water partition coefficient (Wildman–Crippen LogP) is 3.59. The summed E-state index contributed by atoms with van der Waals surface area (Å²) in [4.78, 5) is 16.0. The molecule has 142 valence electrons. The molecule has 3 aromatic rings. The lowest BCUT2D eigenvalue weighted by molar-refractivity contribution is -0.116. The van der Waals surface area contributed by atoms with Crippen LogP contribution in [0.2, 0.25) is 0 Å². The van der Waals surface area contributed by atoms with E-state index in [-0.39, 0.29) is 12.5 Å². The molecule has 1 aliphatic rings. The van der Waals surface area contributed by atoms with Crippen LogP contribution in [0.3, 0.4) is 0 Å². The van der Waals surface area contributed by atoms with Crippen LogP contribution < -0.4 is 5.43 Å². The Labute approximate surface area is 163 Å². The lowest BCUT2D eigenvalue weighted by Crippen LogP contribution is -2.14. The van der Waals surface area contributed by atoms with Gasteiger partial charge in [0.05, 0.1) is 11.3 Å². The van der Waals surface area contributed by atoms with Crippen LogP contribution in [0, 0.1) is 0 Å². The van der Waals surface area contributed by atoms with Crippen molar-refractivity contribution in [3.63, 3.8) is 0 Å². The third kappa shape index (κ3) is 3.75. The molecule has 0 saturated carbocycles. The third-order valence-corrected chi connectivity index (χ3v) is 5.01. The number of hydrogen-bond donors (Lipinski definition) is 3. The van der Waals surface area contributed by atoms with E-state index >= 15 is 0 Å². The molecule has 0 fully saturated rings. The highest BCUT2D eigenvalue weighted by molar-refractivity contribution is 6.28. The molecule has 0 bridgehead atoms. The second-order valence-electron chi connectivity index (χ2n) is 6.96. The molecule has 5 nitrogen and oxygen atoms in total. The van der Waals surface area contributed by atoms with Crippen LogP contribution in [-0.2, 0) is 17.6 Å². The summed E-state index contributed by atoms with van der Waals surface area (Å²) in [7, 11) is 0. The van der Waals surface area contributed by atoms with E-state index in [1.807, 2.05) is 54.6 Å². The molecule has 1 amide bonds. The minimum Gasteiger partial charge on any atom is -0.396 e. The maximum absolute atomic E-state index is 12.5. The molecule has 0 spiro atoms. The molecule has 5 heteroatoms. The van der Waals surface area contributed by atoms with Crippen LogP contribution in [0.5, 0.6) is 0 Å². The van der Waals surface area contributed by atoms with Gasteiger partial charge in [0.15, 0.2) is 0 Å². The molecule has 28 heavy (non-hydrogen) atoms. The number of H-pyrrole nitrogens is 1. The van der Waals surface area contributed by atoms with Gasteiger partial charge in [-0.05, 0) is 37.0 Å². The summed E-state index contributed by atoms with van der Waals surface area (Å²) in [5.41, 5.74) is 8.25. The van der Waals surface area contributed by atoms with Crippen LogP contribution in [0.4, 0.5) is 0 Å². The number of nitrogens with one attached hydrogen (secondary N) is 2. The minimum atomic E-state index is -0.169. The van der Waals surface area contributed by atoms with Gasteiger partial charge in [-0.3, -0.25) is 4.79 Å². The Kier molecular flexibility index (Phi) is 5.35. The summed E-state index contributed by atoms with van der Waals surface area (Å²) < 4.78 is 0. The number of carbonyl (C=O) groups excluding carboxylic acids is 1. The van der Waals surface area contributed by atoms with Crippen molar-refractivity contribution >= 4 is 28.6 Å². The summed E-state index contributed by atoms with van der Waals surface area (Å²) in [5, 5.41) is 14.5. The topological polar surface area (TPSA) is 77.5 Å². The first kappa shape index (κ1) is 18.2. The van der Waals surface area contributed by atoms with Crippen molar-refractivity contribution in [3.05, 3.63) is 77.0 Å². The van der Waals surface area contributed by atoms with Gasteiger partial charge in [-0.25, -0.2) is 5.43 Å². The van der Waals surface area contributed by atoms with Crippen molar-refractivity contribution in [1.82, 2.24) is 10.4 Å². The van der Waals surface area contributed by atoms with Gasteiger partial charge in [0, 0.05) is 35.2 Å². The zero-order valence-electron chi connectivity index (χ0n) is 15.6. The van der Waals surface area contributed by atoms with Gasteiger partial charge >= 0.3 is 0 Å². The Morgan fingerprint density at radius 2 is 1.79 bits per heavy atom. The van der Waals surface area contributed by atoms with E-state index in [1.54, 1.807) is 0 Å². The molecule has 0 unspecified atom stereocenters. The number of rotatable bonds is 7. The first-order chi connectivity index (χ1) is 13.8. The Hall–Kier alpha value is -3.18. The highest BCUT2D eigenvalue weighted by atomic mass is 16.2. The smallest absolute Gasteiger partial charge is 0.273 e. The first-order valence-electron chi connectivity index (χ1n) is 9.59. The van der Waals surface area contributed by atoms with Crippen LogP contribution in [0.15, 0.2) is 65.3 Å². The van der Waals surface area contributed by atoms with Gasteiger partial charge in [-0.15, -0.1) is 0 Å². The van der Waals surface area contributed by atoms with E-state index in [0.29, 0.717) is 12.0 Å².